The number of aryl methyl sites for hydroxylation is 1. The summed E-state index contributed by atoms with van der Waals surface area (Å²) in [5.41, 5.74) is 1.95. The number of ether oxygens (including phenoxy) is 2. The highest BCUT2D eigenvalue weighted by Crippen LogP contribution is 2.10. The molecule has 0 spiro atoms. The normalized spacial score (nSPS) is 17.4. The van der Waals surface area contributed by atoms with Crippen LogP contribution >= 0.6 is 0 Å². The molecule has 0 saturated carbocycles. The van der Waals surface area contributed by atoms with Gasteiger partial charge in [-0.2, -0.15) is 4.98 Å². The van der Waals surface area contributed by atoms with Gasteiger partial charge in [-0.15, -0.1) is 0 Å². The Balaban J connectivity index is 2.04. The van der Waals surface area contributed by atoms with E-state index < -0.39 is 0 Å². The molecule has 1 aromatic heterocycles. The Kier molecular flexibility index (Phi) is 3.69. The topological polar surface area (TPSA) is 47.5 Å². The number of rotatable bonds is 3. The molecule has 0 aromatic carbocycles. The van der Waals surface area contributed by atoms with E-state index in [2.05, 4.69) is 14.9 Å². The van der Waals surface area contributed by atoms with E-state index in [-0.39, 0.29) is 0 Å². The number of nitrogens with zero attached hydrogens (tertiary/aromatic N) is 3. The van der Waals surface area contributed by atoms with Gasteiger partial charge in [0.25, 0.3) is 0 Å². The van der Waals surface area contributed by atoms with Crippen LogP contribution in [0.1, 0.15) is 11.4 Å². The highest BCUT2D eigenvalue weighted by Gasteiger charge is 2.12. The van der Waals surface area contributed by atoms with Crippen LogP contribution in [0.2, 0.25) is 0 Å². The molecule has 0 N–H and O–H groups in total. The van der Waals surface area contributed by atoms with Gasteiger partial charge in [0.1, 0.15) is 0 Å². The minimum Gasteiger partial charge on any atom is -0.467 e. The molecule has 1 aliphatic rings. The van der Waals surface area contributed by atoms with Gasteiger partial charge in [-0.25, -0.2) is 4.98 Å². The van der Waals surface area contributed by atoms with Gasteiger partial charge in [-0.1, -0.05) is 0 Å². The van der Waals surface area contributed by atoms with E-state index in [4.69, 9.17) is 9.47 Å². The van der Waals surface area contributed by atoms with Crippen LogP contribution in [0.3, 0.4) is 0 Å². The predicted octanol–water partition coefficient (Wildman–Crippen LogP) is 0.626. The number of hydrogen-bond acceptors (Lipinski definition) is 5. The second-order valence-electron chi connectivity index (χ2n) is 3.88. The largest absolute Gasteiger partial charge is 0.467 e. The van der Waals surface area contributed by atoms with Gasteiger partial charge in [0.2, 0.25) is 0 Å². The molecule has 0 amide bonds. The van der Waals surface area contributed by atoms with Gasteiger partial charge in [0.15, 0.2) is 0 Å². The summed E-state index contributed by atoms with van der Waals surface area (Å²) >= 11 is 0. The fourth-order valence-corrected chi connectivity index (χ4v) is 1.77. The smallest absolute Gasteiger partial charge is 0.316 e. The van der Waals surface area contributed by atoms with Gasteiger partial charge in [-0.05, 0) is 13.0 Å². The van der Waals surface area contributed by atoms with Crippen molar-refractivity contribution >= 4 is 0 Å². The molecule has 88 valence electrons. The summed E-state index contributed by atoms with van der Waals surface area (Å²) in [4.78, 5) is 10.8. The summed E-state index contributed by atoms with van der Waals surface area (Å²) in [6, 6.07) is 2.45. The Bertz CT molecular complexity index is 351. The second-order valence-corrected chi connectivity index (χ2v) is 3.88. The van der Waals surface area contributed by atoms with E-state index >= 15 is 0 Å². The molecule has 0 radical (unpaired) electrons. The lowest BCUT2D eigenvalue weighted by atomic mass is 10.3. The van der Waals surface area contributed by atoms with Crippen molar-refractivity contribution in [3.63, 3.8) is 0 Å². The third-order valence-corrected chi connectivity index (χ3v) is 2.56. The molecule has 0 atom stereocenters. The average Bonchev–Trinajstić information content (AvgIpc) is 2.29. The fraction of sp³-hybridized carbons (Fsp3) is 0.636. The molecule has 1 aliphatic heterocycles. The summed E-state index contributed by atoms with van der Waals surface area (Å²) in [7, 11) is 1.59. The second kappa shape index (κ2) is 5.23. The van der Waals surface area contributed by atoms with Gasteiger partial charge < -0.3 is 9.47 Å². The van der Waals surface area contributed by atoms with Crippen LogP contribution in [0, 0.1) is 6.92 Å². The zero-order valence-corrected chi connectivity index (χ0v) is 9.77. The molecular formula is C11H17N3O2. The van der Waals surface area contributed by atoms with Crippen molar-refractivity contribution in [1.82, 2.24) is 14.9 Å². The lowest BCUT2D eigenvalue weighted by molar-refractivity contribution is 0.0335. The van der Waals surface area contributed by atoms with Crippen LogP contribution in [0.25, 0.3) is 0 Å². The molecule has 5 nitrogen and oxygen atoms in total. The van der Waals surface area contributed by atoms with E-state index in [1.807, 2.05) is 13.0 Å². The Morgan fingerprint density at radius 2 is 2.12 bits per heavy atom. The lowest BCUT2D eigenvalue weighted by Gasteiger charge is -2.26. The Labute approximate surface area is 95.4 Å². The van der Waals surface area contributed by atoms with Gasteiger partial charge in [0, 0.05) is 25.3 Å². The van der Waals surface area contributed by atoms with Crippen LogP contribution in [-0.2, 0) is 11.3 Å². The molecule has 5 heteroatoms. The molecule has 2 rings (SSSR count). The minimum absolute atomic E-state index is 0.447. The fourth-order valence-electron chi connectivity index (χ4n) is 1.77. The van der Waals surface area contributed by atoms with E-state index in [0.717, 1.165) is 44.2 Å². The Hall–Kier alpha value is -1.20. The number of hydrogen-bond donors (Lipinski definition) is 0. The highest BCUT2D eigenvalue weighted by atomic mass is 16.5. The third kappa shape index (κ3) is 2.90. The first-order valence-corrected chi connectivity index (χ1v) is 5.46. The van der Waals surface area contributed by atoms with Crippen molar-refractivity contribution < 1.29 is 9.47 Å². The SMILES string of the molecule is COc1nc(C)cc(CN2CCOCC2)n1. The molecule has 1 aromatic rings. The first-order chi connectivity index (χ1) is 7.78. The quantitative estimate of drug-likeness (QED) is 0.752. The molecule has 16 heavy (non-hydrogen) atoms. The first-order valence-electron chi connectivity index (χ1n) is 5.46. The maximum Gasteiger partial charge on any atom is 0.316 e. The highest BCUT2D eigenvalue weighted by molar-refractivity contribution is 5.12. The lowest BCUT2D eigenvalue weighted by Crippen LogP contribution is -2.35. The molecular weight excluding hydrogens is 206 g/mol. The van der Waals surface area contributed by atoms with E-state index in [1.54, 1.807) is 7.11 Å². The molecule has 1 saturated heterocycles. The van der Waals surface area contributed by atoms with Gasteiger partial charge in [0.05, 0.1) is 26.0 Å². The van der Waals surface area contributed by atoms with Crippen molar-refractivity contribution in [3.8, 4) is 6.01 Å². The molecule has 1 fully saturated rings. The first kappa shape index (κ1) is 11.3. The standard InChI is InChI=1S/C11H17N3O2/c1-9-7-10(13-11(12-9)15-2)8-14-3-5-16-6-4-14/h7H,3-6,8H2,1-2H3. The van der Waals surface area contributed by atoms with Crippen molar-refractivity contribution in [1.29, 1.82) is 0 Å². The summed E-state index contributed by atoms with van der Waals surface area (Å²) < 4.78 is 10.4. The third-order valence-electron chi connectivity index (χ3n) is 2.56. The summed E-state index contributed by atoms with van der Waals surface area (Å²) in [5, 5.41) is 0. The maximum atomic E-state index is 5.31. The number of morpholine rings is 1. The maximum absolute atomic E-state index is 5.31. The van der Waals surface area contributed by atoms with Crippen LogP contribution in [-0.4, -0.2) is 48.3 Å². The predicted molar refractivity (Wildman–Crippen MR) is 59.4 cm³/mol. The zero-order valence-electron chi connectivity index (χ0n) is 9.77. The van der Waals surface area contributed by atoms with Crippen LogP contribution in [0.5, 0.6) is 6.01 Å². The molecule has 0 bridgehead atoms. The number of aromatic nitrogens is 2. The van der Waals surface area contributed by atoms with E-state index in [0.29, 0.717) is 6.01 Å². The average molecular weight is 223 g/mol. The van der Waals surface area contributed by atoms with Crippen molar-refractivity contribution in [2.45, 2.75) is 13.5 Å². The monoisotopic (exact) mass is 223 g/mol. The van der Waals surface area contributed by atoms with E-state index in [1.165, 1.54) is 0 Å². The zero-order chi connectivity index (χ0) is 11.4. The Morgan fingerprint density at radius 3 is 2.81 bits per heavy atom. The summed E-state index contributed by atoms with van der Waals surface area (Å²) in [6.45, 7) is 6.33. The molecule has 0 unspecified atom stereocenters. The van der Waals surface area contributed by atoms with Gasteiger partial charge in [-0.3, -0.25) is 4.90 Å². The van der Waals surface area contributed by atoms with Crippen molar-refractivity contribution in [3.05, 3.63) is 17.5 Å². The van der Waals surface area contributed by atoms with E-state index in [9.17, 15) is 0 Å². The van der Waals surface area contributed by atoms with Gasteiger partial charge >= 0.3 is 6.01 Å². The minimum atomic E-state index is 0.447. The number of methoxy groups -OCH3 is 1. The van der Waals surface area contributed by atoms with Crippen LogP contribution in [0.15, 0.2) is 6.07 Å². The Morgan fingerprint density at radius 1 is 1.38 bits per heavy atom. The van der Waals surface area contributed by atoms with Crippen molar-refractivity contribution in [2.75, 3.05) is 33.4 Å². The molecule has 2 heterocycles. The summed E-state index contributed by atoms with van der Waals surface area (Å²) in [6.07, 6.45) is 0. The molecule has 0 aliphatic carbocycles. The van der Waals surface area contributed by atoms with Crippen molar-refractivity contribution in [2.24, 2.45) is 0 Å². The van der Waals surface area contributed by atoms with Crippen LogP contribution in [0.4, 0.5) is 0 Å². The van der Waals surface area contributed by atoms with Crippen LogP contribution < -0.4 is 4.74 Å². The summed E-state index contributed by atoms with van der Waals surface area (Å²) in [5.74, 6) is 0.